The zero-order chi connectivity index (χ0) is 66.6. The van der Waals surface area contributed by atoms with E-state index >= 15 is 0 Å². The number of unbranched alkanes of at least 4 members (excludes halogenated alkanes) is 53. The minimum absolute atomic E-state index is 0.196. The van der Waals surface area contributed by atoms with Gasteiger partial charge in [0.25, 0.3) is 0 Å². The lowest BCUT2D eigenvalue weighted by Crippen LogP contribution is -2.65. The van der Waals surface area contributed by atoms with Gasteiger partial charge in [-0.3, -0.25) is 4.79 Å². The Labute approximate surface area is 565 Å². The Hall–Kier alpha value is -1.27. The number of ether oxygens (including phenoxy) is 4. The predicted octanol–water partition coefficient (Wildman–Crippen LogP) is 17.7. The third-order valence-electron chi connectivity index (χ3n) is 20.0. The highest BCUT2D eigenvalue weighted by molar-refractivity contribution is 5.76. The van der Waals surface area contributed by atoms with Crippen molar-refractivity contribution in [1.29, 1.82) is 0 Å². The van der Waals surface area contributed by atoms with Crippen LogP contribution < -0.4 is 5.32 Å². The molecule has 0 radical (unpaired) electrons. The average molecular weight is 1310 g/mol. The maximum absolute atomic E-state index is 13.4. The van der Waals surface area contributed by atoms with E-state index in [4.69, 9.17) is 18.9 Å². The van der Waals surface area contributed by atoms with Crippen LogP contribution in [0.15, 0.2) is 12.2 Å². The number of hydrogen-bond acceptors (Lipinski definition) is 13. The molecule has 0 aromatic carbocycles. The average Bonchev–Trinajstić information content (AvgIpc) is 0.829. The van der Waals surface area contributed by atoms with Crippen LogP contribution in [0.25, 0.3) is 0 Å². The lowest BCUT2D eigenvalue weighted by Gasteiger charge is -2.46. The minimum Gasteiger partial charge on any atom is -0.394 e. The molecule has 2 heterocycles. The third kappa shape index (κ3) is 46.1. The Morgan fingerprint density at radius 2 is 0.685 bits per heavy atom. The largest absolute Gasteiger partial charge is 0.394 e. The first-order valence-electron chi connectivity index (χ1n) is 39.9. The summed E-state index contributed by atoms with van der Waals surface area (Å²) in [4.78, 5) is 13.4. The fraction of sp³-hybridized carbons (Fsp3) is 0.962. The van der Waals surface area contributed by atoms with Crippen LogP contribution in [-0.2, 0) is 23.7 Å². The maximum Gasteiger partial charge on any atom is 0.220 e. The van der Waals surface area contributed by atoms with E-state index < -0.39 is 86.8 Å². The monoisotopic (exact) mass is 1310 g/mol. The van der Waals surface area contributed by atoms with Crippen molar-refractivity contribution >= 4 is 5.91 Å². The molecule has 2 saturated heterocycles. The molecule has 92 heavy (non-hydrogen) atoms. The van der Waals surface area contributed by atoms with Gasteiger partial charge in [0.15, 0.2) is 12.6 Å². The Kier molecular flexibility index (Phi) is 59.6. The first-order valence-corrected chi connectivity index (χ1v) is 39.9. The van der Waals surface area contributed by atoms with Crippen molar-refractivity contribution in [1.82, 2.24) is 5.32 Å². The van der Waals surface area contributed by atoms with Crippen LogP contribution in [0.1, 0.15) is 386 Å². The van der Waals surface area contributed by atoms with Crippen LogP contribution in [0.5, 0.6) is 0 Å². The van der Waals surface area contributed by atoms with Crippen LogP contribution in [0.4, 0.5) is 0 Å². The van der Waals surface area contributed by atoms with Gasteiger partial charge in [-0.2, -0.15) is 0 Å². The van der Waals surface area contributed by atoms with E-state index in [2.05, 4.69) is 31.3 Å². The van der Waals surface area contributed by atoms with Gasteiger partial charge < -0.3 is 65.1 Å². The van der Waals surface area contributed by atoms with E-state index in [0.29, 0.717) is 12.8 Å². The summed E-state index contributed by atoms with van der Waals surface area (Å²) in [6, 6.07) is -0.827. The Bertz CT molecular complexity index is 1590. The van der Waals surface area contributed by atoms with Crippen LogP contribution in [-0.4, -0.2) is 140 Å². The van der Waals surface area contributed by atoms with Crippen molar-refractivity contribution in [3.63, 3.8) is 0 Å². The molecule has 0 spiro atoms. The summed E-state index contributed by atoms with van der Waals surface area (Å²) >= 11 is 0. The molecule has 0 saturated carbocycles. The number of nitrogens with one attached hydrogen (secondary N) is 1. The number of aliphatic hydroxyl groups excluding tert-OH is 8. The van der Waals surface area contributed by atoms with E-state index in [-0.39, 0.29) is 12.5 Å². The van der Waals surface area contributed by atoms with Gasteiger partial charge in [-0.15, -0.1) is 0 Å². The van der Waals surface area contributed by atoms with Crippen LogP contribution >= 0.6 is 0 Å². The smallest absolute Gasteiger partial charge is 0.220 e. The van der Waals surface area contributed by atoms with Gasteiger partial charge in [-0.25, -0.2) is 0 Å². The summed E-state index contributed by atoms with van der Waals surface area (Å²) in [6.07, 6.45) is 62.5. The van der Waals surface area contributed by atoms with Gasteiger partial charge >= 0.3 is 0 Å². The SMILES string of the molecule is CCCCCCCCCC/C=C\CCCCCCCCCCCCCCCCCCCCCCCC(=O)NC(COC1OC(CO)C(OC2OC(CO)C(O)C(O)C2O)C(O)C1O)C(O)CCCCCCCCCCCCCCCCCCCCCCCCCCC. The maximum atomic E-state index is 13.4. The molecule has 2 aliphatic heterocycles. The molecule has 9 N–H and O–H groups in total. The highest BCUT2D eigenvalue weighted by Gasteiger charge is 2.51. The first-order chi connectivity index (χ1) is 45.1. The van der Waals surface area contributed by atoms with E-state index in [1.807, 2.05) is 0 Å². The van der Waals surface area contributed by atoms with Crippen LogP contribution in [0, 0.1) is 0 Å². The normalized spacial score (nSPS) is 22.6. The molecule has 14 heteroatoms. The van der Waals surface area contributed by atoms with Crippen molar-refractivity contribution in [3.05, 3.63) is 12.2 Å². The summed E-state index contributed by atoms with van der Waals surface area (Å²) in [5.41, 5.74) is 0. The highest BCUT2D eigenvalue weighted by Crippen LogP contribution is 2.30. The summed E-state index contributed by atoms with van der Waals surface area (Å²) in [5.74, 6) is -0.196. The molecule has 1 amide bonds. The molecule has 2 rings (SSSR count). The van der Waals surface area contributed by atoms with E-state index in [1.54, 1.807) is 0 Å². The molecule has 0 aromatic heterocycles. The zero-order valence-corrected chi connectivity index (χ0v) is 59.8. The van der Waals surface area contributed by atoms with Gasteiger partial charge in [0, 0.05) is 6.42 Å². The molecule has 0 aromatic rings. The van der Waals surface area contributed by atoms with Crippen molar-refractivity contribution in [2.75, 3.05) is 19.8 Å². The number of aliphatic hydroxyl groups is 8. The van der Waals surface area contributed by atoms with Crippen molar-refractivity contribution in [2.24, 2.45) is 0 Å². The molecule has 12 unspecified atom stereocenters. The number of carbonyl (C=O) groups excluding carboxylic acids is 1. The minimum atomic E-state index is -1.78. The highest BCUT2D eigenvalue weighted by atomic mass is 16.7. The quantitative estimate of drug-likeness (QED) is 0.0204. The summed E-state index contributed by atoms with van der Waals surface area (Å²) in [7, 11) is 0. The summed E-state index contributed by atoms with van der Waals surface area (Å²) < 4.78 is 23.0. The summed E-state index contributed by atoms with van der Waals surface area (Å²) in [5, 5.41) is 87.8. The Morgan fingerprint density at radius 3 is 1.03 bits per heavy atom. The third-order valence-corrected chi connectivity index (χ3v) is 20.0. The van der Waals surface area contributed by atoms with E-state index in [0.717, 1.165) is 51.4 Å². The van der Waals surface area contributed by atoms with Gasteiger partial charge in [0.05, 0.1) is 32.0 Å². The molecule has 0 aliphatic carbocycles. The standard InChI is InChI=1S/C78H151NO13/c1-3-5-7-9-11-13-15-17-19-21-23-25-27-29-30-31-32-33-34-35-36-38-40-42-44-46-48-50-52-54-56-58-60-62-70(83)79-66(65-89-77-75(88)73(86)76(69(64-81)91-77)92-78-74(87)72(85)71(84)68(63-80)90-78)67(82)61-59-57-55-53-51-49-47-45-43-41-39-37-28-26-24-22-20-18-16-14-12-10-8-6-4-2/h21,23,66-69,71-78,80-82,84-88H,3-20,22,24-65H2,1-2H3,(H,79,83)/b23-21-. The fourth-order valence-corrected chi connectivity index (χ4v) is 13.7. The molecule has 546 valence electrons. The Balaban J connectivity index is 1.60. The van der Waals surface area contributed by atoms with E-state index in [1.165, 1.54) is 308 Å². The van der Waals surface area contributed by atoms with Crippen molar-refractivity contribution < 1.29 is 64.6 Å². The second-order valence-electron chi connectivity index (χ2n) is 28.6. The number of hydrogen-bond donors (Lipinski definition) is 9. The molecule has 12 atom stereocenters. The summed E-state index contributed by atoms with van der Waals surface area (Å²) in [6.45, 7) is 2.94. The second-order valence-corrected chi connectivity index (χ2v) is 28.6. The topological polar surface area (TPSA) is 228 Å². The van der Waals surface area contributed by atoms with Gasteiger partial charge in [0.1, 0.15) is 48.8 Å². The fourth-order valence-electron chi connectivity index (χ4n) is 13.7. The Morgan fingerprint density at radius 1 is 0.380 bits per heavy atom. The lowest BCUT2D eigenvalue weighted by atomic mass is 9.97. The molecular formula is C78H151NO13. The van der Waals surface area contributed by atoms with Crippen LogP contribution in [0.3, 0.4) is 0 Å². The molecule has 14 nitrogen and oxygen atoms in total. The van der Waals surface area contributed by atoms with Crippen LogP contribution in [0.2, 0.25) is 0 Å². The number of rotatable bonds is 68. The molecule has 2 fully saturated rings. The molecule has 2 aliphatic rings. The molecule has 0 bridgehead atoms. The predicted molar refractivity (Wildman–Crippen MR) is 379 cm³/mol. The van der Waals surface area contributed by atoms with Gasteiger partial charge in [0.2, 0.25) is 5.91 Å². The zero-order valence-electron chi connectivity index (χ0n) is 59.8. The first kappa shape index (κ1) is 86.8. The number of amides is 1. The van der Waals surface area contributed by atoms with Crippen molar-refractivity contribution in [3.8, 4) is 0 Å². The number of carbonyl (C=O) groups is 1. The van der Waals surface area contributed by atoms with Gasteiger partial charge in [-0.05, 0) is 38.5 Å². The van der Waals surface area contributed by atoms with E-state index in [9.17, 15) is 45.6 Å². The lowest BCUT2D eigenvalue weighted by molar-refractivity contribution is -0.359. The van der Waals surface area contributed by atoms with Crippen molar-refractivity contribution in [2.45, 2.75) is 460 Å². The van der Waals surface area contributed by atoms with Gasteiger partial charge in [-0.1, -0.05) is 353 Å². The molecular weight excluding hydrogens is 1160 g/mol. The second kappa shape index (κ2) is 63.2. The number of allylic oxidation sites excluding steroid dienone is 2.